The van der Waals surface area contributed by atoms with E-state index in [-0.39, 0.29) is 23.1 Å². The number of amides is 1. The van der Waals surface area contributed by atoms with Gasteiger partial charge in [0.1, 0.15) is 10.6 Å². The summed E-state index contributed by atoms with van der Waals surface area (Å²) in [7, 11) is -1.89. The number of anilines is 1. The summed E-state index contributed by atoms with van der Waals surface area (Å²) in [5, 5.41) is 3.67. The van der Waals surface area contributed by atoms with Crippen molar-refractivity contribution in [3.05, 3.63) is 40.8 Å². The van der Waals surface area contributed by atoms with Crippen molar-refractivity contribution in [3.8, 4) is 0 Å². The molecule has 0 saturated heterocycles. The third-order valence-corrected chi connectivity index (χ3v) is 5.87. The van der Waals surface area contributed by atoms with Crippen LogP contribution in [0.5, 0.6) is 0 Å². The minimum Gasteiger partial charge on any atom is -0.360 e. The van der Waals surface area contributed by atoms with Gasteiger partial charge in [-0.1, -0.05) is 17.3 Å². The number of aromatic nitrogens is 1. The third kappa shape index (κ3) is 2.94. The SMILES string of the molecule is Cc1noc(C)c1S(=O)(=O)NCCc1ccc2c(c1)CC(=O)N2C. The summed E-state index contributed by atoms with van der Waals surface area (Å²) >= 11 is 0. The molecule has 0 aliphatic carbocycles. The molecule has 2 aromatic rings. The number of sulfonamides is 1. The number of nitrogens with zero attached hydrogens (tertiary/aromatic N) is 2. The third-order valence-electron chi connectivity index (χ3n) is 4.16. The van der Waals surface area contributed by atoms with E-state index in [0.29, 0.717) is 18.5 Å². The minimum absolute atomic E-state index is 0.0706. The minimum atomic E-state index is -3.65. The number of carbonyl (C=O) groups is 1. The van der Waals surface area contributed by atoms with Crippen molar-refractivity contribution < 1.29 is 17.7 Å². The highest BCUT2D eigenvalue weighted by atomic mass is 32.2. The van der Waals surface area contributed by atoms with E-state index in [1.807, 2.05) is 18.2 Å². The highest BCUT2D eigenvalue weighted by molar-refractivity contribution is 7.89. The Morgan fingerprint density at radius 3 is 2.75 bits per heavy atom. The molecule has 24 heavy (non-hydrogen) atoms. The molecule has 128 valence electrons. The lowest BCUT2D eigenvalue weighted by Gasteiger charge is -2.11. The first-order valence-electron chi connectivity index (χ1n) is 7.60. The van der Waals surface area contributed by atoms with E-state index in [0.717, 1.165) is 16.8 Å². The molecule has 8 heteroatoms. The maximum atomic E-state index is 12.3. The monoisotopic (exact) mass is 349 g/mol. The van der Waals surface area contributed by atoms with Crippen LogP contribution in [0.3, 0.4) is 0 Å². The van der Waals surface area contributed by atoms with Gasteiger partial charge in [-0.25, -0.2) is 13.1 Å². The second-order valence-corrected chi connectivity index (χ2v) is 7.60. The molecule has 3 rings (SSSR count). The van der Waals surface area contributed by atoms with Gasteiger partial charge >= 0.3 is 0 Å². The Bertz CT molecular complexity index is 883. The van der Waals surface area contributed by atoms with Crippen LogP contribution in [0.1, 0.15) is 22.6 Å². The van der Waals surface area contributed by atoms with Crippen molar-refractivity contribution in [2.24, 2.45) is 0 Å². The fraction of sp³-hybridized carbons (Fsp3) is 0.375. The van der Waals surface area contributed by atoms with Gasteiger partial charge < -0.3 is 9.42 Å². The number of hydrogen-bond donors (Lipinski definition) is 1. The van der Waals surface area contributed by atoms with Gasteiger partial charge in [-0.3, -0.25) is 4.79 Å². The number of likely N-dealkylation sites (N-methyl/N-ethyl adjacent to an activating group) is 1. The lowest BCUT2D eigenvalue weighted by atomic mass is 10.1. The highest BCUT2D eigenvalue weighted by Gasteiger charge is 2.25. The number of carbonyl (C=O) groups excluding carboxylic acids is 1. The molecule has 0 atom stereocenters. The Labute approximate surface area is 140 Å². The molecule has 1 N–H and O–H groups in total. The average molecular weight is 349 g/mol. The second kappa shape index (κ2) is 6.03. The van der Waals surface area contributed by atoms with Crippen LogP contribution in [0.25, 0.3) is 0 Å². The van der Waals surface area contributed by atoms with Crippen molar-refractivity contribution in [2.45, 2.75) is 31.6 Å². The standard InChI is InChI=1S/C16H19N3O4S/c1-10-16(11(2)23-18-10)24(21,22)17-7-6-12-4-5-14-13(8-12)9-15(20)19(14)3/h4-5,8,17H,6-7,9H2,1-3H3. The summed E-state index contributed by atoms with van der Waals surface area (Å²) < 4.78 is 32.2. The van der Waals surface area contributed by atoms with Gasteiger partial charge in [0.25, 0.3) is 0 Å². The van der Waals surface area contributed by atoms with E-state index in [1.54, 1.807) is 25.8 Å². The van der Waals surface area contributed by atoms with Crippen LogP contribution in [-0.4, -0.2) is 33.1 Å². The summed E-state index contributed by atoms with van der Waals surface area (Å²) in [6, 6.07) is 5.78. The lowest BCUT2D eigenvalue weighted by Crippen LogP contribution is -2.26. The summed E-state index contributed by atoms with van der Waals surface area (Å²) in [5.41, 5.74) is 3.23. The molecule has 0 unspecified atom stereocenters. The van der Waals surface area contributed by atoms with Crippen molar-refractivity contribution in [2.75, 3.05) is 18.5 Å². The number of benzene rings is 1. The number of nitrogens with one attached hydrogen (secondary N) is 1. The van der Waals surface area contributed by atoms with Crippen LogP contribution in [0, 0.1) is 13.8 Å². The second-order valence-electron chi connectivity index (χ2n) is 5.89. The molecule has 1 aliphatic rings. The van der Waals surface area contributed by atoms with Crippen molar-refractivity contribution >= 4 is 21.6 Å². The van der Waals surface area contributed by atoms with Gasteiger partial charge in [-0.05, 0) is 37.5 Å². The smallest absolute Gasteiger partial charge is 0.245 e. The van der Waals surface area contributed by atoms with Crippen molar-refractivity contribution in [1.29, 1.82) is 0 Å². The van der Waals surface area contributed by atoms with Crippen LogP contribution >= 0.6 is 0 Å². The zero-order valence-corrected chi connectivity index (χ0v) is 14.6. The van der Waals surface area contributed by atoms with Gasteiger partial charge in [-0.2, -0.15) is 0 Å². The average Bonchev–Trinajstić information content (AvgIpc) is 2.99. The molecule has 0 bridgehead atoms. The van der Waals surface area contributed by atoms with E-state index in [4.69, 9.17) is 4.52 Å². The Balaban J connectivity index is 1.67. The molecular weight excluding hydrogens is 330 g/mol. The first-order chi connectivity index (χ1) is 11.3. The van der Waals surface area contributed by atoms with E-state index >= 15 is 0 Å². The highest BCUT2D eigenvalue weighted by Crippen LogP contribution is 2.28. The number of fused-ring (bicyclic) bond motifs is 1. The van der Waals surface area contributed by atoms with Gasteiger partial charge in [-0.15, -0.1) is 0 Å². The number of hydrogen-bond acceptors (Lipinski definition) is 5. The van der Waals surface area contributed by atoms with E-state index in [1.165, 1.54) is 0 Å². The topological polar surface area (TPSA) is 92.5 Å². The zero-order valence-electron chi connectivity index (χ0n) is 13.8. The molecule has 0 fully saturated rings. The Morgan fingerprint density at radius 1 is 1.33 bits per heavy atom. The molecular formula is C16H19N3O4S. The van der Waals surface area contributed by atoms with Gasteiger partial charge in [0, 0.05) is 19.3 Å². The quantitative estimate of drug-likeness (QED) is 0.879. The van der Waals surface area contributed by atoms with Crippen molar-refractivity contribution in [3.63, 3.8) is 0 Å². The van der Waals surface area contributed by atoms with Gasteiger partial charge in [0.05, 0.1) is 6.42 Å². The van der Waals surface area contributed by atoms with Crippen LogP contribution in [0.4, 0.5) is 5.69 Å². The number of rotatable bonds is 5. The summed E-state index contributed by atoms with van der Waals surface area (Å²) in [5.74, 6) is 0.348. The largest absolute Gasteiger partial charge is 0.360 e. The molecule has 0 radical (unpaired) electrons. The Morgan fingerprint density at radius 2 is 2.08 bits per heavy atom. The predicted octanol–water partition coefficient (Wildman–Crippen LogP) is 1.33. The molecule has 1 aromatic heterocycles. The molecule has 1 aromatic carbocycles. The first-order valence-corrected chi connectivity index (χ1v) is 9.09. The summed E-state index contributed by atoms with van der Waals surface area (Å²) in [6.45, 7) is 3.43. The zero-order chi connectivity index (χ0) is 17.5. The van der Waals surface area contributed by atoms with Crippen LogP contribution in [0.2, 0.25) is 0 Å². The fourth-order valence-electron chi connectivity index (χ4n) is 2.94. The maximum absolute atomic E-state index is 12.3. The summed E-state index contributed by atoms with van der Waals surface area (Å²) in [6.07, 6.45) is 0.929. The van der Waals surface area contributed by atoms with E-state index < -0.39 is 10.0 Å². The lowest BCUT2D eigenvalue weighted by molar-refractivity contribution is -0.117. The van der Waals surface area contributed by atoms with E-state index in [9.17, 15) is 13.2 Å². The maximum Gasteiger partial charge on any atom is 0.245 e. The first kappa shape index (κ1) is 16.7. The van der Waals surface area contributed by atoms with Crippen LogP contribution in [0.15, 0.2) is 27.6 Å². The molecule has 1 amide bonds. The van der Waals surface area contributed by atoms with E-state index in [2.05, 4.69) is 9.88 Å². The molecule has 0 spiro atoms. The Hall–Kier alpha value is -2.19. The molecule has 1 aliphatic heterocycles. The summed E-state index contributed by atoms with van der Waals surface area (Å²) in [4.78, 5) is 13.4. The van der Waals surface area contributed by atoms with Crippen molar-refractivity contribution in [1.82, 2.24) is 9.88 Å². The number of aryl methyl sites for hydroxylation is 2. The predicted molar refractivity (Wildman–Crippen MR) is 88.4 cm³/mol. The fourth-order valence-corrected chi connectivity index (χ4v) is 4.30. The normalized spacial score (nSPS) is 14.3. The molecule has 7 nitrogen and oxygen atoms in total. The molecule has 2 heterocycles. The van der Waals surface area contributed by atoms with Gasteiger partial charge in [0.2, 0.25) is 15.9 Å². The van der Waals surface area contributed by atoms with Crippen LogP contribution in [-0.2, 0) is 27.7 Å². The molecule has 0 saturated carbocycles. The van der Waals surface area contributed by atoms with Gasteiger partial charge in [0.15, 0.2) is 5.76 Å². The Kier molecular flexibility index (Phi) is 4.18. The van der Waals surface area contributed by atoms with Crippen LogP contribution < -0.4 is 9.62 Å².